The van der Waals surface area contributed by atoms with Gasteiger partial charge in [-0.25, -0.2) is 4.98 Å². The number of nitrogens with zero attached hydrogens (tertiary/aromatic N) is 2. The van der Waals surface area contributed by atoms with Gasteiger partial charge in [0, 0.05) is 25.7 Å². The molecule has 0 unspecified atom stereocenters. The zero-order chi connectivity index (χ0) is 22.5. The molecule has 2 N–H and O–H groups in total. The van der Waals surface area contributed by atoms with Crippen molar-refractivity contribution < 1.29 is 14.3 Å². The van der Waals surface area contributed by atoms with Crippen molar-refractivity contribution in [3.8, 4) is 5.75 Å². The smallest absolute Gasteiger partial charge is 0.262 e. The number of aromatic nitrogens is 2. The number of imidazole rings is 1. The van der Waals surface area contributed by atoms with Gasteiger partial charge in [0.05, 0.1) is 15.9 Å². The van der Waals surface area contributed by atoms with Crippen molar-refractivity contribution in [3.05, 3.63) is 76.2 Å². The molecule has 7 nitrogen and oxygen atoms in total. The number of nitrogens with one attached hydrogen (secondary N) is 2. The zero-order valence-electron chi connectivity index (χ0n) is 17.9. The number of benzene rings is 2. The normalized spacial score (nSPS) is 10.8. The number of fused-ring (bicyclic) bond motifs is 1. The number of carbonyl (C=O) groups excluding carboxylic acids is 2. The molecule has 0 atom stereocenters. The molecule has 0 aliphatic carbocycles. The third-order valence-electron chi connectivity index (χ3n) is 5.03. The van der Waals surface area contributed by atoms with Crippen LogP contribution in [0.2, 0.25) is 0 Å². The molecule has 0 saturated heterocycles. The molecule has 0 aliphatic heterocycles. The average molecular weight is 449 g/mol. The number of hydrogen-bond donors (Lipinski definition) is 2. The summed E-state index contributed by atoms with van der Waals surface area (Å²) in [6.07, 6.45) is 0.606. The minimum Gasteiger partial charge on any atom is -0.484 e. The van der Waals surface area contributed by atoms with Crippen LogP contribution in [0.25, 0.3) is 11.0 Å². The Labute approximate surface area is 190 Å². The number of aryl methyl sites for hydroxylation is 2. The van der Waals surface area contributed by atoms with E-state index in [0.717, 1.165) is 22.4 Å². The first-order chi connectivity index (χ1) is 15.5. The van der Waals surface area contributed by atoms with Gasteiger partial charge in [-0.05, 0) is 48.7 Å². The number of carbonyl (C=O) groups is 2. The van der Waals surface area contributed by atoms with Gasteiger partial charge in [-0.2, -0.15) is 0 Å². The Bertz CT molecular complexity index is 1230. The fourth-order valence-electron chi connectivity index (χ4n) is 3.31. The van der Waals surface area contributed by atoms with E-state index >= 15 is 0 Å². The molecule has 4 aromatic rings. The van der Waals surface area contributed by atoms with Gasteiger partial charge in [0.1, 0.15) is 11.6 Å². The lowest BCUT2D eigenvalue weighted by atomic mass is 10.2. The van der Waals surface area contributed by atoms with Crippen LogP contribution >= 0.6 is 11.3 Å². The monoisotopic (exact) mass is 448 g/mol. The van der Waals surface area contributed by atoms with Gasteiger partial charge in [-0.3, -0.25) is 9.59 Å². The maximum absolute atomic E-state index is 12.3. The number of rotatable bonds is 8. The SMILES string of the molecule is Cc1ccc(OCC(=O)Nc2ccc3c(c2)nc(CCNC(=O)c2cccs2)n3C)cc1. The zero-order valence-corrected chi connectivity index (χ0v) is 18.7. The quantitative estimate of drug-likeness (QED) is 0.428. The van der Waals surface area contributed by atoms with Crippen LogP contribution in [0.15, 0.2) is 60.0 Å². The molecule has 0 radical (unpaired) electrons. The Morgan fingerprint density at radius 1 is 1.12 bits per heavy atom. The predicted octanol–water partition coefficient (Wildman–Crippen LogP) is 3.93. The lowest BCUT2D eigenvalue weighted by Gasteiger charge is -2.08. The molecule has 2 aromatic carbocycles. The molecule has 8 heteroatoms. The van der Waals surface area contributed by atoms with E-state index < -0.39 is 0 Å². The molecule has 32 heavy (non-hydrogen) atoms. The van der Waals surface area contributed by atoms with Crippen LogP contribution in [0.3, 0.4) is 0 Å². The first-order valence-electron chi connectivity index (χ1n) is 10.3. The van der Waals surface area contributed by atoms with Gasteiger partial charge < -0.3 is 19.9 Å². The summed E-state index contributed by atoms with van der Waals surface area (Å²) in [7, 11) is 1.94. The summed E-state index contributed by atoms with van der Waals surface area (Å²) < 4.78 is 7.53. The van der Waals surface area contributed by atoms with Crippen LogP contribution in [0.4, 0.5) is 5.69 Å². The minimum absolute atomic E-state index is 0.0709. The second-order valence-electron chi connectivity index (χ2n) is 7.42. The number of thiophene rings is 1. The molecule has 4 rings (SSSR count). The molecular formula is C24H24N4O3S. The van der Waals surface area contributed by atoms with Crippen LogP contribution in [0.5, 0.6) is 5.75 Å². The maximum atomic E-state index is 12.3. The molecule has 0 fully saturated rings. The summed E-state index contributed by atoms with van der Waals surface area (Å²) in [5, 5.41) is 7.65. The van der Waals surface area contributed by atoms with E-state index in [-0.39, 0.29) is 18.4 Å². The van der Waals surface area contributed by atoms with E-state index in [4.69, 9.17) is 4.74 Å². The minimum atomic E-state index is -0.239. The summed E-state index contributed by atoms with van der Waals surface area (Å²) in [4.78, 5) is 29.7. The number of amides is 2. The molecule has 164 valence electrons. The highest BCUT2D eigenvalue weighted by Gasteiger charge is 2.11. The highest BCUT2D eigenvalue weighted by Crippen LogP contribution is 2.20. The van der Waals surface area contributed by atoms with E-state index in [0.29, 0.717) is 29.3 Å². The second-order valence-corrected chi connectivity index (χ2v) is 8.37. The van der Waals surface area contributed by atoms with Crippen molar-refractivity contribution in [2.45, 2.75) is 13.3 Å². The Balaban J connectivity index is 1.34. The van der Waals surface area contributed by atoms with Crippen LogP contribution < -0.4 is 15.4 Å². The Kier molecular flexibility index (Phi) is 6.51. The third kappa shape index (κ3) is 5.15. The topological polar surface area (TPSA) is 85.2 Å². The van der Waals surface area contributed by atoms with Crippen LogP contribution in [0, 0.1) is 6.92 Å². The summed E-state index contributed by atoms with van der Waals surface area (Å²) in [5.74, 6) is 1.20. The fourth-order valence-corrected chi connectivity index (χ4v) is 3.95. The first kappa shape index (κ1) is 21.6. The van der Waals surface area contributed by atoms with Crippen LogP contribution in [-0.2, 0) is 18.3 Å². The largest absolute Gasteiger partial charge is 0.484 e. The van der Waals surface area contributed by atoms with Crippen LogP contribution in [0.1, 0.15) is 21.1 Å². The van der Waals surface area contributed by atoms with Crippen LogP contribution in [-0.4, -0.2) is 34.5 Å². The molecule has 2 aromatic heterocycles. The molecule has 2 amide bonds. The maximum Gasteiger partial charge on any atom is 0.262 e. The third-order valence-corrected chi connectivity index (χ3v) is 5.90. The van der Waals surface area contributed by atoms with Crippen molar-refractivity contribution in [2.24, 2.45) is 7.05 Å². The van der Waals surface area contributed by atoms with Crippen molar-refractivity contribution in [1.82, 2.24) is 14.9 Å². The van der Waals surface area contributed by atoms with Gasteiger partial charge in [0.25, 0.3) is 11.8 Å². The van der Waals surface area contributed by atoms with Gasteiger partial charge in [0.2, 0.25) is 0 Å². The predicted molar refractivity (Wildman–Crippen MR) is 126 cm³/mol. The van der Waals surface area contributed by atoms with Gasteiger partial charge in [-0.15, -0.1) is 11.3 Å². The Morgan fingerprint density at radius 2 is 1.94 bits per heavy atom. The molecule has 2 heterocycles. The lowest BCUT2D eigenvalue weighted by Crippen LogP contribution is -2.25. The average Bonchev–Trinajstić information content (AvgIpc) is 3.42. The summed E-state index contributed by atoms with van der Waals surface area (Å²) in [5.41, 5.74) is 3.53. The summed E-state index contributed by atoms with van der Waals surface area (Å²) in [6.45, 7) is 2.42. The molecule has 0 spiro atoms. The molecular weight excluding hydrogens is 424 g/mol. The van der Waals surface area contributed by atoms with Crippen molar-refractivity contribution in [2.75, 3.05) is 18.5 Å². The lowest BCUT2D eigenvalue weighted by molar-refractivity contribution is -0.118. The van der Waals surface area contributed by atoms with E-state index in [1.807, 2.05) is 72.4 Å². The standard InChI is InChI=1S/C24H24N4O3S/c1-16-5-8-18(9-6-16)31-15-23(29)26-17-7-10-20-19(14-17)27-22(28(20)2)11-12-25-24(30)21-4-3-13-32-21/h3-10,13-14H,11-12,15H2,1-2H3,(H,25,30)(H,26,29). The Hall–Kier alpha value is -3.65. The second kappa shape index (κ2) is 9.65. The summed E-state index contributed by atoms with van der Waals surface area (Å²) in [6, 6.07) is 16.8. The van der Waals surface area contributed by atoms with Gasteiger partial charge >= 0.3 is 0 Å². The highest BCUT2D eigenvalue weighted by molar-refractivity contribution is 7.12. The van der Waals surface area contributed by atoms with E-state index in [1.54, 1.807) is 6.07 Å². The fraction of sp³-hybridized carbons (Fsp3) is 0.208. The van der Waals surface area contributed by atoms with E-state index in [9.17, 15) is 9.59 Å². The molecule has 0 aliphatic rings. The summed E-state index contributed by atoms with van der Waals surface area (Å²) >= 11 is 1.42. The van der Waals surface area contributed by atoms with Gasteiger partial charge in [-0.1, -0.05) is 23.8 Å². The first-order valence-corrected chi connectivity index (χ1v) is 11.1. The number of hydrogen-bond acceptors (Lipinski definition) is 5. The Morgan fingerprint density at radius 3 is 2.69 bits per heavy atom. The molecule has 0 saturated carbocycles. The van der Waals surface area contributed by atoms with E-state index in [1.165, 1.54) is 11.3 Å². The number of anilines is 1. The van der Waals surface area contributed by atoms with Crippen molar-refractivity contribution in [1.29, 1.82) is 0 Å². The van der Waals surface area contributed by atoms with Crippen molar-refractivity contribution in [3.63, 3.8) is 0 Å². The molecule has 0 bridgehead atoms. The van der Waals surface area contributed by atoms with E-state index in [2.05, 4.69) is 15.6 Å². The highest BCUT2D eigenvalue weighted by atomic mass is 32.1. The van der Waals surface area contributed by atoms with Crippen molar-refractivity contribution >= 4 is 39.9 Å². The number of ether oxygens (including phenoxy) is 1. The van der Waals surface area contributed by atoms with Gasteiger partial charge in [0.15, 0.2) is 6.61 Å².